The zero-order chi connectivity index (χ0) is 21.3. The molecule has 5 unspecified atom stereocenters. The Hall–Kier alpha value is -3.21. The van der Waals surface area contributed by atoms with Gasteiger partial charge in [-0.05, 0) is 60.4 Å². The van der Waals surface area contributed by atoms with Crippen molar-refractivity contribution in [2.45, 2.75) is 37.6 Å². The van der Waals surface area contributed by atoms with Crippen molar-refractivity contribution in [2.75, 3.05) is 11.4 Å². The highest BCUT2D eigenvalue weighted by molar-refractivity contribution is 5.96. The summed E-state index contributed by atoms with van der Waals surface area (Å²) in [6.45, 7) is 2.58. The molecule has 5 heteroatoms. The molecular formula is C26H24N2O3. The van der Waals surface area contributed by atoms with Crippen molar-refractivity contribution in [3.8, 4) is 0 Å². The number of benzene rings is 2. The van der Waals surface area contributed by atoms with Crippen LogP contribution >= 0.6 is 0 Å². The summed E-state index contributed by atoms with van der Waals surface area (Å²) in [6, 6.07) is 11.5. The Bertz CT molecular complexity index is 1160. The fraction of sp³-hybridized carbons (Fsp3) is 0.346. The van der Waals surface area contributed by atoms with E-state index in [1.54, 1.807) is 19.1 Å². The highest BCUT2D eigenvalue weighted by Crippen LogP contribution is 2.59. The van der Waals surface area contributed by atoms with Gasteiger partial charge in [-0.1, -0.05) is 36.4 Å². The van der Waals surface area contributed by atoms with Crippen molar-refractivity contribution in [3.63, 3.8) is 0 Å². The molecule has 2 aromatic carbocycles. The number of hydrogen-bond donors (Lipinski definition) is 0. The van der Waals surface area contributed by atoms with Crippen LogP contribution in [0.1, 0.15) is 64.7 Å². The molecule has 2 aromatic rings. The van der Waals surface area contributed by atoms with E-state index in [1.165, 1.54) is 16.8 Å². The minimum absolute atomic E-state index is 0.0934. The molecule has 0 aromatic heterocycles. The number of carbonyl (C=O) groups is 1. The second kappa shape index (κ2) is 6.64. The summed E-state index contributed by atoms with van der Waals surface area (Å²) in [5.41, 5.74) is 5.72. The molecule has 0 bridgehead atoms. The number of hydrogen-bond acceptors (Lipinski definition) is 4. The summed E-state index contributed by atoms with van der Waals surface area (Å²) in [4.78, 5) is 26.0. The highest BCUT2D eigenvalue weighted by Gasteiger charge is 2.48. The molecule has 0 radical (unpaired) electrons. The summed E-state index contributed by atoms with van der Waals surface area (Å²) in [7, 11) is 0. The molecule has 2 heterocycles. The lowest BCUT2D eigenvalue weighted by Crippen LogP contribution is -2.46. The predicted molar refractivity (Wildman–Crippen MR) is 120 cm³/mol. The smallest absolute Gasteiger partial charge is 0.269 e. The lowest BCUT2D eigenvalue weighted by atomic mass is 9.70. The van der Waals surface area contributed by atoms with Crippen molar-refractivity contribution >= 4 is 17.2 Å². The number of Topliss-reactive ketones (excluding diaryl/α,β-unsaturated/α-hetero) is 1. The topological polar surface area (TPSA) is 63.4 Å². The number of non-ortho nitro benzene ring substituents is 1. The Balaban J connectivity index is 1.58. The van der Waals surface area contributed by atoms with Crippen molar-refractivity contribution in [1.82, 2.24) is 0 Å². The van der Waals surface area contributed by atoms with Gasteiger partial charge in [-0.2, -0.15) is 0 Å². The first-order valence-corrected chi connectivity index (χ1v) is 11.1. The van der Waals surface area contributed by atoms with Crippen LogP contribution in [-0.2, 0) is 0 Å². The maximum atomic E-state index is 12.4. The first-order chi connectivity index (χ1) is 15.0. The molecule has 4 aliphatic rings. The van der Waals surface area contributed by atoms with Crippen LogP contribution in [0.3, 0.4) is 0 Å². The maximum absolute atomic E-state index is 12.4. The Morgan fingerprint density at radius 1 is 1.06 bits per heavy atom. The summed E-state index contributed by atoms with van der Waals surface area (Å²) in [6.07, 6.45) is 11.1. The monoisotopic (exact) mass is 412 g/mol. The van der Waals surface area contributed by atoms with E-state index >= 15 is 0 Å². The van der Waals surface area contributed by atoms with Gasteiger partial charge in [-0.25, -0.2) is 0 Å². The van der Waals surface area contributed by atoms with Gasteiger partial charge in [0.05, 0.1) is 11.0 Å². The second-order valence-corrected chi connectivity index (χ2v) is 9.31. The first kappa shape index (κ1) is 18.6. The third kappa shape index (κ3) is 2.65. The molecule has 31 heavy (non-hydrogen) atoms. The van der Waals surface area contributed by atoms with Gasteiger partial charge < -0.3 is 4.90 Å². The van der Waals surface area contributed by atoms with E-state index in [2.05, 4.69) is 41.3 Å². The summed E-state index contributed by atoms with van der Waals surface area (Å²) in [5.74, 6) is 1.48. The summed E-state index contributed by atoms with van der Waals surface area (Å²) in [5, 5.41) is 11.5. The molecule has 2 aliphatic carbocycles. The SMILES string of the molecule is CC(=O)c1cc2c3c(c1)C1C=CCC1C(c1cccc([N+](=O)[O-])c1)N3CC1CC=CC21. The third-order valence-electron chi connectivity index (χ3n) is 7.68. The molecular weight excluding hydrogens is 388 g/mol. The van der Waals surface area contributed by atoms with Gasteiger partial charge in [0, 0.05) is 41.8 Å². The number of nitro groups is 1. The number of ketones is 1. The van der Waals surface area contributed by atoms with Crippen LogP contribution < -0.4 is 4.90 Å². The molecule has 0 saturated carbocycles. The molecule has 0 spiro atoms. The van der Waals surface area contributed by atoms with Crippen LogP contribution in [0.25, 0.3) is 0 Å². The van der Waals surface area contributed by atoms with Crippen molar-refractivity contribution in [2.24, 2.45) is 11.8 Å². The average molecular weight is 412 g/mol. The predicted octanol–water partition coefficient (Wildman–Crippen LogP) is 5.69. The highest BCUT2D eigenvalue weighted by atomic mass is 16.6. The Kier molecular flexibility index (Phi) is 3.98. The molecule has 5 nitrogen and oxygen atoms in total. The number of carbonyl (C=O) groups excluding carboxylic acids is 1. The lowest BCUT2D eigenvalue weighted by molar-refractivity contribution is -0.384. The Labute approximate surface area is 181 Å². The minimum atomic E-state index is -0.303. The van der Waals surface area contributed by atoms with E-state index in [1.807, 2.05) is 12.1 Å². The van der Waals surface area contributed by atoms with E-state index in [-0.39, 0.29) is 28.4 Å². The fourth-order valence-corrected chi connectivity index (χ4v) is 6.38. The van der Waals surface area contributed by atoms with E-state index in [9.17, 15) is 14.9 Å². The first-order valence-electron chi connectivity index (χ1n) is 11.1. The maximum Gasteiger partial charge on any atom is 0.269 e. The Morgan fingerprint density at radius 3 is 2.58 bits per heavy atom. The zero-order valence-electron chi connectivity index (χ0n) is 17.4. The molecule has 2 aliphatic heterocycles. The van der Waals surface area contributed by atoms with Crippen LogP contribution in [0.5, 0.6) is 0 Å². The average Bonchev–Trinajstić information content (AvgIpc) is 3.43. The summed E-state index contributed by atoms with van der Waals surface area (Å²) >= 11 is 0. The summed E-state index contributed by atoms with van der Waals surface area (Å²) < 4.78 is 0. The number of nitro benzene ring substituents is 1. The number of allylic oxidation sites excluding steroid dienone is 4. The molecule has 5 atom stereocenters. The van der Waals surface area contributed by atoms with E-state index in [4.69, 9.17) is 0 Å². The van der Waals surface area contributed by atoms with Crippen molar-refractivity contribution < 1.29 is 9.72 Å². The lowest BCUT2D eigenvalue weighted by Gasteiger charge is -2.51. The van der Waals surface area contributed by atoms with Gasteiger partial charge in [0.25, 0.3) is 5.69 Å². The van der Waals surface area contributed by atoms with E-state index < -0.39 is 0 Å². The zero-order valence-corrected chi connectivity index (χ0v) is 17.4. The Morgan fingerprint density at radius 2 is 1.81 bits per heavy atom. The third-order valence-corrected chi connectivity index (χ3v) is 7.68. The van der Waals surface area contributed by atoms with Gasteiger partial charge in [0.1, 0.15) is 0 Å². The van der Waals surface area contributed by atoms with Gasteiger partial charge >= 0.3 is 0 Å². The van der Waals surface area contributed by atoms with Crippen LogP contribution in [0.15, 0.2) is 60.7 Å². The van der Waals surface area contributed by atoms with Crippen LogP contribution in [0, 0.1) is 22.0 Å². The van der Waals surface area contributed by atoms with Gasteiger partial charge in [0.2, 0.25) is 0 Å². The van der Waals surface area contributed by atoms with Crippen molar-refractivity contribution in [1.29, 1.82) is 0 Å². The quantitative estimate of drug-likeness (QED) is 0.281. The minimum Gasteiger partial charge on any atom is -0.363 e. The van der Waals surface area contributed by atoms with Gasteiger partial charge in [-0.3, -0.25) is 14.9 Å². The number of nitrogens with zero attached hydrogens (tertiary/aromatic N) is 2. The molecule has 0 N–H and O–H groups in total. The number of fused-ring (bicyclic) bond motifs is 4. The normalized spacial score (nSPS) is 29.5. The van der Waals surface area contributed by atoms with Crippen LogP contribution in [0.4, 0.5) is 11.4 Å². The van der Waals surface area contributed by atoms with E-state index in [0.717, 1.165) is 30.5 Å². The molecule has 156 valence electrons. The molecule has 0 fully saturated rings. The number of anilines is 1. The van der Waals surface area contributed by atoms with Crippen LogP contribution in [0.2, 0.25) is 0 Å². The molecule has 6 rings (SSSR count). The van der Waals surface area contributed by atoms with E-state index in [0.29, 0.717) is 17.8 Å². The van der Waals surface area contributed by atoms with Crippen LogP contribution in [-0.4, -0.2) is 17.3 Å². The molecule has 0 amide bonds. The van der Waals surface area contributed by atoms with Gasteiger partial charge in [0.15, 0.2) is 5.78 Å². The second-order valence-electron chi connectivity index (χ2n) is 9.31. The molecule has 0 saturated heterocycles. The fourth-order valence-electron chi connectivity index (χ4n) is 6.38. The number of rotatable bonds is 3. The standard InChI is InChI=1S/C26H24N2O3/c1-15(29)18-12-23-20-8-3-6-17(20)14-27-25(16-5-2-7-19(11-16)28(30)31)22-10-4-9-21(22)24(13-18)26(23)27/h2-5,7-9,11-13,17,20-22,25H,6,10,14H2,1H3. The van der Waals surface area contributed by atoms with Gasteiger partial charge in [-0.15, -0.1) is 0 Å². The van der Waals surface area contributed by atoms with Crippen molar-refractivity contribution in [3.05, 3.63) is 93.1 Å². The largest absolute Gasteiger partial charge is 0.363 e.